The minimum Gasteiger partial charge on any atom is -0.377 e. The third-order valence-corrected chi connectivity index (χ3v) is 3.83. The summed E-state index contributed by atoms with van der Waals surface area (Å²) in [6, 6.07) is 8.89. The fourth-order valence-corrected chi connectivity index (χ4v) is 3.08. The molecule has 0 aromatic heterocycles. The van der Waals surface area contributed by atoms with Crippen molar-refractivity contribution in [2.75, 3.05) is 17.1 Å². The number of anilines is 1. The van der Waals surface area contributed by atoms with Gasteiger partial charge in [-0.3, -0.25) is 4.72 Å². The lowest BCUT2D eigenvalue weighted by Gasteiger charge is -2.11. The number of para-hydroxylation sites is 1. The van der Waals surface area contributed by atoms with Crippen molar-refractivity contribution in [1.82, 2.24) is 0 Å². The van der Waals surface area contributed by atoms with Crippen molar-refractivity contribution < 1.29 is 13.2 Å². The molecule has 0 saturated carbocycles. The number of sulfonamides is 1. The maximum atomic E-state index is 11.8. The van der Waals surface area contributed by atoms with E-state index in [2.05, 4.69) is 4.72 Å². The van der Waals surface area contributed by atoms with Crippen molar-refractivity contribution in [3.8, 4) is 0 Å². The fraction of sp³-hybridized carbons (Fsp3) is 0.455. The molecule has 5 heteroatoms. The maximum absolute atomic E-state index is 11.8. The fourth-order valence-electron chi connectivity index (χ4n) is 1.75. The van der Waals surface area contributed by atoms with Crippen LogP contribution in [0, 0.1) is 0 Å². The summed E-state index contributed by atoms with van der Waals surface area (Å²) in [7, 11) is -3.29. The highest BCUT2D eigenvalue weighted by molar-refractivity contribution is 7.92. The molecule has 1 heterocycles. The molecule has 1 aliphatic rings. The van der Waals surface area contributed by atoms with Gasteiger partial charge in [-0.05, 0) is 25.0 Å². The van der Waals surface area contributed by atoms with Crippen molar-refractivity contribution in [2.24, 2.45) is 0 Å². The average Bonchev–Trinajstić information content (AvgIpc) is 2.70. The Kier molecular flexibility index (Phi) is 3.46. The zero-order valence-corrected chi connectivity index (χ0v) is 9.74. The molecule has 0 spiro atoms. The quantitative estimate of drug-likeness (QED) is 0.871. The number of hydrogen-bond acceptors (Lipinski definition) is 3. The smallest absolute Gasteiger partial charge is 0.235 e. The summed E-state index contributed by atoms with van der Waals surface area (Å²) >= 11 is 0. The molecule has 1 aromatic carbocycles. The summed E-state index contributed by atoms with van der Waals surface area (Å²) in [5.41, 5.74) is 0.598. The first-order valence-electron chi connectivity index (χ1n) is 5.33. The van der Waals surface area contributed by atoms with E-state index in [4.69, 9.17) is 4.74 Å². The number of nitrogens with one attached hydrogen (secondary N) is 1. The lowest BCUT2D eigenvalue weighted by atomic mass is 10.3. The Morgan fingerprint density at radius 1 is 1.31 bits per heavy atom. The third kappa shape index (κ3) is 3.21. The summed E-state index contributed by atoms with van der Waals surface area (Å²) in [5.74, 6) is 0.0435. The maximum Gasteiger partial charge on any atom is 0.235 e. The Labute approximate surface area is 95.7 Å². The van der Waals surface area contributed by atoms with Crippen LogP contribution in [0.3, 0.4) is 0 Å². The van der Waals surface area contributed by atoms with E-state index in [-0.39, 0.29) is 11.9 Å². The summed E-state index contributed by atoms with van der Waals surface area (Å²) in [4.78, 5) is 0. The van der Waals surface area contributed by atoms with E-state index in [1.165, 1.54) is 0 Å². The Hall–Kier alpha value is -1.07. The topological polar surface area (TPSA) is 55.4 Å². The van der Waals surface area contributed by atoms with Crippen LogP contribution in [0.1, 0.15) is 12.8 Å². The number of ether oxygens (including phenoxy) is 1. The van der Waals surface area contributed by atoms with Crippen LogP contribution in [0.4, 0.5) is 5.69 Å². The Morgan fingerprint density at radius 3 is 2.69 bits per heavy atom. The van der Waals surface area contributed by atoms with Gasteiger partial charge in [-0.1, -0.05) is 18.2 Å². The monoisotopic (exact) mass is 241 g/mol. The molecule has 4 nitrogen and oxygen atoms in total. The van der Waals surface area contributed by atoms with Gasteiger partial charge in [0.1, 0.15) is 0 Å². The van der Waals surface area contributed by atoms with Crippen LogP contribution in [0.2, 0.25) is 0 Å². The number of hydrogen-bond donors (Lipinski definition) is 1. The highest BCUT2D eigenvalue weighted by Crippen LogP contribution is 2.15. The van der Waals surface area contributed by atoms with E-state index < -0.39 is 10.0 Å². The van der Waals surface area contributed by atoms with Gasteiger partial charge in [-0.25, -0.2) is 8.42 Å². The molecule has 1 aliphatic heterocycles. The largest absolute Gasteiger partial charge is 0.377 e. The zero-order valence-electron chi connectivity index (χ0n) is 8.93. The molecule has 16 heavy (non-hydrogen) atoms. The van der Waals surface area contributed by atoms with Crippen molar-refractivity contribution in [1.29, 1.82) is 0 Å². The molecule has 1 aromatic rings. The van der Waals surface area contributed by atoms with E-state index in [1.807, 2.05) is 6.07 Å². The van der Waals surface area contributed by atoms with Gasteiger partial charge < -0.3 is 4.74 Å². The van der Waals surface area contributed by atoms with Crippen LogP contribution in [0.25, 0.3) is 0 Å². The first kappa shape index (κ1) is 11.4. The average molecular weight is 241 g/mol. The first-order chi connectivity index (χ1) is 7.66. The van der Waals surface area contributed by atoms with E-state index in [1.54, 1.807) is 24.3 Å². The third-order valence-electron chi connectivity index (χ3n) is 2.48. The van der Waals surface area contributed by atoms with Crippen molar-refractivity contribution in [2.45, 2.75) is 18.9 Å². The predicted octanol–water partition coefficient (Wildman–Crippen LogP) is 1.61. The molecule has 0 bridgehead atoms. The normalized spacial score (nSPS) is 20.9. The van der Waals surface area contributed by atoms with Crippen LogP contribution in [-0.2, 0) is 14.8 Å². The van der Waals surface area contributed by atoms with E-state index >= 15 is 0 Å². The molecule has 1 unspecified atom stereocenters. The molecule has 0 amide bonds. The molecular formula is C11H15NO3S. The number of rotatable bonds is 4. The second kappa shape index (κ2) is 4.84. The molecule has 1 fully saturated rings. The lowest BCUT2D eigenvalue weighted by molar-refractivity contribution is 0.127. The van der Waals surface area contributed by atoms with Gasteiger partial charge in [-0.15, -0.1) is 0 Å². The first-order valence-corrected chi connectivity index (χ1v) is 6.98. The van der Waals surface area contributed by atoms with Crippen LogP contribution in [0.15, 0.2) is 30.3 Å². The van der Waals surface area contributed by atoms with Gasteiger partial charge >= 0.3 is 0 Å². The highest BCUT2D eigenvalue weighted by Gasteiger charge is 2.23. The molecule has 0 radical (unpaired) electrons. The van der Waals surface area contributed by atoms with Crippen LogP contribution in [0.5, 0.6) is 0 Å². The highest BCUT2D eigenvalue weighted by atomic mass is 32.2. The Balaban J connectivity index is 1.97. The van der Waals surface area contributed by atoms with Gasteiger partial charge in [0.05, 0.1) is 11.9 Å². The van der Waals surface area contributed by atoms with Crippen LogP contribution >= 0.6 is 0 Å². The molecule has 1 atom stereocenters. The minimum atomic E-state index is -3.29. The van der Waals surface area contributed by atoms with Gasteiger partial charge in [0.25, 0.3) is 0 Å². The number of benzene rings is 1. The second-order valence-corrected chi connectivity index (χ2v) is 5.65. The Morgan fingerprint density at radius 2 is 2.06 bits per heavy atom. The van der Waals surface area contributed by atoms with E-state index in [0.717, 1.165) is 12.8 Å². The van der Waals surface area contributed by atoms with E-state index in [9.17, 15) is 8.42 Å². The van der Waals surface area contributed by atoms with Crippen LogP contribution < -0.4 is 4.72 Å². The van der Waals surface area contributed by atoms with Gasteiger partial charge in [0.2, 0.25) is 10.0 Å². The van der Waals surface area contributed by atoms with Gasteiger partial charge in [0, 0.05) is 12.3 Å². The van der Waals surface area contributed by atoms with E-state index in [0.29, 0.717) is 12.3 Å². The summed E-state index contributed by atoms with van der Waals surface area (Å²) in [6.45, 7) is 0.672. The second-order valence-electron chi connectivity index (χ2n) is 3.88. The predicted molar refractivity (Wildman–Crippen MR) is 62.8 cm³/mol. The summed E-state index contributed by atoms with van der Waals surface area (Å²) in [6.07, 6.45) is 1.63. The summed E-state index contributed by atoms with van der Waals surface area (Å²) in [5, 5.41) is 0. The van der Waals surface area contributed by atoms with Crippen molar-refractivity contribution >= 4 is 15.7 Å². The van der Waals surface area contributed by atoms with Crippen LogP contribution in [-0.4, -0.2) is 26.9 Å². The van der Waals surface area contributed by atoms with Gasteiger partial charge in [-0.2, -0.15) is 0 Å². The van der Waals surface area contributed by atoms with Crippen molar-refractivity contribution in [3.63, 3.8) is 0 Å². The molecule has 2 rings (SSSR count). The minimum absolute atomic E-state index is 0.0435. The molecule has 1 saturated heterocycles. The SMILES string of the molecule is O=S(=O)(CC1CCCO1)Nc1ccccc1. The Bertz CT molecular complexity index is 424. The standard InChI is InChI=1S/C11H15NO3S/c13-16(14,9-11-7-4-8-15-11)12-10-5-2-1-3-6-10/h1-3,5-6,11-12H,4,7-9H2. The zero-order chi connectivity index (χ0) is 11.4. The molecule has 1 N–H and O–H groups in total. The van der Waals surface area contributed by atoms with Gasteiger partial charge in [0.15, 0.2) is 0 Å². The summed E-state index contributed by atoms with van der Waals surface area (Å²) < 4.78 is 31.4. The molecule has 88 valence electrons. The molecular weight excluding hydrogens is 226 g/mol. The molecule has 0 aliphatic carbocycles. The lowest BCUT2D eigenvalue weighted by Crippen LogP contribution is -2.25. The van der Waals surface area contributed by atoms with Crippen molar-refractivity contribution in [3.05, 3.63) is 30.3 Å².